The second-order valence-electron chi connectivity index (χ2n) is 4.03. The van der Waals surface area contributed by atoms with Gasteiger partial charge in [0.05, 0.1) is 5.69 Å². The summed E-state index contributed by atoms with van der Waals surface area (Å²) >= 11 is 0. The Bertz CT molecular complexity index is 464. The number of halogens is 2. The summed E-state index contributed by atoms with van der Waals surface area (Å²) < 4.78 is 26.5. The van der Waals surface area contributed by atoms with Crippen molar-refractivity contribution >= 4 is 17.3 Å². The van der Waals surface area contributed by atoms with E-state index in [-0.39, 0.29) is 29.6 Å². The molecule has 0 radical (unpaired) electrons. The molecular formula is C12H12F2N2O. The normalized spacial score (nSPS) is 19.8. The van der Waals surface area contributed by atoms with Gasteiger partial charge in [-0.2, -0.15) is 0 Å². The van der Waals surface area contributed by atoms with Gasteiger partial charge in [-0.05, 0) is 6.07 Å². The Kier molecular flexibility index (Phi) is 2.83. The predicted molar refractivity (Wildman–Crippen MR) is 61.4 cm³/mol. The van der Waals surface area contributed by atoms with Crippen molar-refractivity contribution in [2.75, 3.05) is 17.2 Å². The third kappa shape index (κ3) is 2.00. The predicted octanol–water partition coefficient (Wildman–Crippen LogP) is 2.09. The van der Waals surface area contributed by atoms with E-state index >= 15 is 0 Å². The summed E-state index contributed by atoms with van der Waals surface area (Å²) in [5.74, 6) is -1.82. The number of nitrogen functional groups attached to an aromatic ring is 1. The van der Waals surface area contributed by atoms with Gasteiger partial charge in [-0.3, -0.25) is 4.79 Å². The van der Waals surface area contributed by atoms with E-state index in [0.29, 0.717) is 6.54 Å². The highest BCUT2D eigenvalue weighted by atomic mass is 19.1. The van der Waals surface area contributed by atoms with Crippen LogP contribution in [0, 0.1) is 17.6 Å². The SMILES string of the molecule is C=CC1CC(=O)N(c2c(N)cc(F)cc2F)C1. The Morgan fingerprint density at radius 3 is 2.71 bits per heavy atom. The van der Waals surface area contributed by atoms with Crippen molar-refractivity contribution in [2.45, 2.75) is 6.42 Å². The summed E-state index contributed by atoms with van der Waals surface area (Å²) in [7, 11) is 0. The second-order valence-corrected chi connectivity index (χ2v) is 4.03. The molecule has 1 aromatic carbocycles. The zero-order valence-corrected chi connectivity index (χ0v) is 9.12. The molecule has 0 bridgehead atoms. The molecule has 1 atom stereocenters. The summed E-state index contributed by atoms with van der Waals surface area (Å²) in [5, 5.41) is 0. The molecule has 1 aliphatic heterocycles. The first kappa shape index (κ1) is 11.6. The number of amides is 1. The molecule has 5 heteroatoms. The van der Waals surface area contributed by atoms with E-state index in [2.05, 4.69) is 6.58 Å². The van der Waals surface area contributed by atoms with E-state index in [1.165, 1.54) is 4.90 Å². The number of benzene rings is 1. The van der Waals surface area contributed by atoms with Crippen LogP contribution < -0.4 is 10.6 Å². The molecular weight excluding hydrogens is 226 g/mol. The van der Waals surface area contributed by atoms with E-state index in [4.69, 9.17) is 5.73 Å². The molecule has 1 aliphatic rings. The lowest BCUT2D eigenvalue weighted by atomic mass is 10.1. The van der Waals surface area contributed by atoms with Crippen LogP contribution >= 0.6 is 0 Å². The third-order valence-electron chi connectivity index (χ3n) is 2.82. The fraction of sp³-hybridized carbons (Fsp3) is 0.250. The lowest BCUT2D eigenvalue weighted by Crippen LogP contribution is -2.26. The third-order valence-corrected chi connectivity index (χ3v) is 2.82. The second kappa shape index (κ2) is 4.16. The van der Waals surface area contributed by atoms with Crippen LogP contribution in [0.4, 0.5) is 20.2 Å². The van der Waals surface area contributed by atoms with Crippen LogP contribution in [-0.4, -0.2) is 12.5 Å². The summed E-state index contributed by atoms with van der Waals surface area (Å²) in [6.45, 7) is 3.93. The molecule has 1 unspecified atom stereocenters. The topological polar surface area (TPSA) is 46.3 Å². The molecule has 2 N–H and O–H groups in total. The molecule has 0 aromatic heterocycles. The molecule has 1 aromatic rings. The lowest BCUT2D eigenvalue weighted by Gasteiger charge is -2.19. The first-order valence-electron chi connectivity index (χ1n) is 5.20. The molecule has 1 fully saturated rings. The van der Waals surface area contributed by atoms with Gasteiger partial charge < -0.3 is 10.6 Å². The largest absolute Gasteiger partial charge is 0.397 e. The van der Waals surface area contributed by atoms with Crippen LogP contribution in [0.15, 0.2) is 24.8 Å². The number of carbonyl (C=O) groups is 1. The van der Waals surface area contributed by atoms with Gasteiger partial charge in [-0.1, -0.05) is 6.08 Å². The van der Waals surface area contributed by atoms with Crippen molar-refractivity contribution in [1.29, 1.82) is 0 Å². The number of hydrogen-bond donors (Lipinski definition) is 1. The van der Waals surface area contributed by atoms with Gasteiger partial charge in [0.25, 0.3) is 0 Å². The standard InChI is InChI=1S/C12H12F2N2O/c1-2-7-3-11(17)16(6-7)12-9(14)4-8(13)5-10(12)15/h2,4-5,7H,1,3,6,15H2. The Morgan fingerprint density at radius 2 is 2.18 bits per heavy atom. The highest BCUT2D eigenvalue weighted by Gasteiger charge is 2.31. The van der Waals surface area contributed by atoms with Crippen LogP contribution in [0.25, 0.3) is 0 Å². The summed E-state index contributed by atoms with van der Waals surface area (Å²) in [4.78, 5) is 12.9. The lowest BCUT2D eigenvalue weighted by molar-refractivity contribution is -0.117. The zero-order chi connectivity index (χ0) is 12.6. The molecule has 3 nitrogen and oxygen atoms in total. The van der Waals surface area contributed by atoms with Gasteiger partial charge >= 0.3 is 0 Å². The molecule has 90 valence electrons. The number of nitrogens with zero attached hydrogens (tertiary/aromatic N) is 1. The van der Waals surface area contributed by atoms with Crippen molar-refractivity contribution in [3.63, 3.8) is 0 Å². The van der Waals surface area contributed by atoms with E-state index in [9.17, 15) is 13.6 Å². The smallest absolute Gasteiger partial charge is 0.227 e. The van der Waals surface area contributed by atoms with Crippen LogP contribution in [0.1, 0.15) is 6.42 Å². The maximum absolute atomic E-state index is 13.6. The molecule has 17 heavy (non-hydrogen) atoms. The Hall–Kier alpha value is -1.91. The van der Waals surface area contributed by atoms with Gasteiger partial charge in [-0.25, -0.2) is 8.78 Å². The van der Waals surface area contributed by atoms with E-state index in [0.717, 1.165) is 12.1 Å². The van der Waals surface area contributed by atoms with Gasteiger partial charge in [0.1, 0.15) is 11.5 Å². The maximum Gasteiger partial charge on any atom is 0.227 e. The molecule has 2 rings (SSSR count). The highest BCUT2D eigenvalue weighted by Crippen LogP contribution is 2.33. The average Bonchev–Trinajstić information content (AvgIpc) is 2.59. The number of hydrogen-bond acceptors (Lipinski definition) is 2. The van der Waals surface area contributed by atoms with E-state index in [1.807, 2.05) is 0 Å². The quantitative estimate of drug-likeness (QED) is 0.633. The molecule has 1 amide bonds. The summed E-state index contributed by atoms with van der Waals surface area (Å²) in [6, 6.07) is 1.73. The average molecular weight is 238 g/mol. The fourth-order valence-corrected chi connectivity index (χ4v) is 1.98. The molecule has 1 heterocycles. The number of rotatable bonds is 2. The fourth-order valence-electron chi connectivity index (χ4n) is 1.98. The van der Waals surface area contributed by atoms with Crippen LogP contribution in [0.2, 0.25) is 0 Å². The van der Waals surface area contributed by atoms with Crippen molar-refractivity contribution in [1.82, 2.24) is 0 Å². The van der Waals surface area contributed by atoms with Gasteiger partial charge in [-0.15, -0.1) is 6.58 Å². The van der Waals surface area contributed by atoms with Gasteiger partial charge in [0.15, 0.2) is 5.82 Å². The molecule has 0 saturated carbocycles. The minimum atomic E-state index is -0.819. The molecule has 0 aliphatic carbocycles. The summed E-state index contributed by atoms with van der Waals surface area (Å²) in [6.07, 6.45) is 1.93. The first-order chi connectivity index (χ1) is 8.02. The van der Waals surface area contributed by atoms with Gasteiger partial charge in [0.2, 0.25) is 5.91 Å². The minimum absolute atomic E-state index is 0.0219. The molecule has 0 spiro atoms. The van der Waals surface area contributed by atoms with Crippen LogP contribution in [-0.2, 0) is 4.79 Å². The molecule has 1 saturated heterocycles. The Balaban J connectivity index is 2.41. The Labute approximate surface area is 97.5 Å². The zero-order valence-electron chi connectivity index (χ0n) is 9.12. The number of nitrogens with two attached hydrogens (primary N) is 1. The maximum atomic E-state index is 13.6. The monoisotopic (exact) mass is 238 g/mol. The number of anilines is 2. The van der Waals surface area contributed by atoms with Crippen LogP contribution in [0.5, 0.6) is 0 Å². The number of carbonyl (C=O) groups excluding carboxylic acids is 1. The minimum Gasteiger partial charge on any atom is -0.397 e. The Morgan fingerprint density at radius 1 is 1.47 bits per heavy atom. The van der Waals surface area contributed by atoms with Crippen molar-refractivity contribution in [3.05, 3.63) is 36.4 Å². The summed E-state index contributed by atoms with van der Waals surface area (Å²) in [5.41, 5.74) is 5.44. The van der Waals surface area contributed by atoms with E-state index in [1.54, 1.807) is 6.08 Å². The van der Waals surface area contributed by atoms with E-state index < -0.39 is 11.6 Å². The van der Waals surface area contributed by atoms with Crippen molar-refractivity contribution in [3.8, 4) is 0 Å². The van der Waals surface area contributed by atoms with Gasteiger partial charge in [0, 0.05) is 24.9 Å². The van der Waals surface area contributed by atoms with Crippen molar-refractivity contribution < 1.29 is 13.6 Å². The first-order valence-corrected chi connectivity index (χ1v) is 5.20. The highest BCUT2D eigenvalue weighted by molar-refractivity contribution is 5.98. The van der Waals surface area contributed by atoms with Crippen molar-refractivity contribution in [2.24, 2.45) is 5.92 Å². The van der Waals surface area contributed by atoms with Crippen LogP contribution in [0.3, 0.4) is 0 Å².